The van der Waals surface area contributed by atoms with Crippen LogP contribution in [0.2, 0.25) is 5.02 Å². The van der Waals surface area contributed by atoms with Crippen LogP contribution in [0.5, 0.6) is 0 Å². The summed E-state index contributed by atoms with van der Waals surface area (Å²) in [5.41, 5.74) is 8.50. The summed E-state index contributed by atoms with van der Waals surface area (Å²) < 4.78 is 0. The highest BCUT2D eigenvalue weighted by molar-refractivity contribution is 6.31. The van der Waals surface area contributed by atoms with Crippen molar-refractivity contribution in [3.8, 4) is 0 Å². The summed E-state index contributed by atoms with van der Waals surface area (Å²) >= 11 is 6.27. The van der Waals surface area contributed by atoms with Crippen LogP contribution >= 0.6 is 11.6 Å². The van der Waals surface area contributed by atoms with Crippen molar-refractivity contribution < 1.29 is 0 Å². The molecule has 4 heteroatoms. The molecule has 1 aliphatic rings. The Bertz CT molecular complexity index is 406. The number of hydrogen-bond donors (Lipinski definition) is 1. The molecule has 0 aliphatic carbocycles. The zero-order chi connectivity index (χ0) is 13.1. The molecule has 0 fully saturated rings. The number of nitrogens with two attached hydrogens (primary N) is 1. The second-order valence-corrected chi connectivity index (χ2v) is 5.59. The number of fused-ring (bicyclic) bond motifs is 1. The largest absolute Gasteiger partial charge is 0.329 e. The third-order valence-corrected chi connectivity index (χ3v) is 3.94. The number of nitrogens with zero attached hydrogens (tertiary/aromatic N) is 2. The molecule has 0 amide bonds. The minimum absolute atomic E-state index is 0.334. The van der Waals surface area contributed by atoms with Crippen molar-refractivity contribution in [3.05, 3.63) is 34.3 Å². The number of benzene rings is 1. The molecule has 0 bridgehead atoms. The van der Waals surface area contributed by atoms with Crippen molar-refractivity contribution in [2.75, 3.05) is 33.7 Å². The van der Waals surface area contributed by atoms with Crippen LogP contribution < -0.4 is 5.73 Å². The van der Waals surface area contributed by atoms with Gasteiger partial charge in [-0.1, -0.05) is 23.7 Å². The topological polar surface area (TPSA) is 32.5 Å². The van der Waals surface area contributed by atoms with Gasteiger partial charge >= 0.3 is 0 Å². The van der Waals surface area contributed by atoms with Crippen molar-refractivity contribution >= 4 is 11.6 Å². The van der Waals surface area contributed by atoms with E-state index in [2.05, 4.69) is 30.0 Å². The summed E-state index contributed by atoms with van der Waals surface area (Å²) in [4.78, 5) is 4.66. The Balaban J connectivity index is 2.05. The van der Waals surface area contributed by atoms with E-state index >= 15 is 0 Å². The molecule has 100 valence electrons. The van der Waals surface area contributed by atoms with Gasteiger partial charge in [0.2, 0.25) is 0 Å². The van der Waals surface area contributed by atoms with E-state index in [9.17, 15) is 0 Å². The van der Waals surface area contributed by atoms with E-state index in [1.807, 2.05) is 12.1 Å². The fourth-order valence-electron chi connectivity index (χ4n) is 2.67. The van der Waals surface area contributed by atoms with Gasteiger partial charge in [-0.3, -0.25) is 4.90 Å². The maximum Gasteiger partial charge on any atom is 0.0477 e. The molecule has 0 saturated heterocycles. The van der Waals surface area contributed by atoms with Crippen LogP contribution in [0.1, 0.15) is 23.6 Å². The van der Waals surface area contributed by atoms with Crippen LogP contribution in [0.4, 0.5) is 0 Å². The lowest BCUT2D eigenvalue weighted by molar-refractivity contribution is 0.208. The molecule has 1 unspecified atom stereocenters. The smallest absolute Gasteiger partial charge is 0.0477 e. The molecule has 1 aromatic rings. The van der Waals surface area contributed by atoms with E-state index in [1.165, 1.54) is 11.1 Å². The lowest BCUT2D eigenvalue weighted by Crippen LogP contribution is -2.30. The first-order chi connectivity index (χ1) is 8.63. The summed E-state index contributed by atoms with van der Waals surface area (Å²) in [6.07, 6.45) is 1.16. The lowest BCUT2D eigenvalue weighted by atomic mass is 10.1. The lowest BCUT2D eigenvalue weighted by Gasteiger charge is -2.24. The Morgan fingerprint density at radius 2 is 2.22 bits per heavy atom. The van der Waals surface area contributed by atoms with E-state index in [4.69, 9.17) is 17.3 Å². The molecule has 3 nitrogen and oxygen atoms in total. The van der Waals surface area contributed by atoms with E-state index in [0.717, 1.165) is 31.1 Å². The van der Waals surface area contributed by atoms with Crippen molar-refractivity contribution in [1.82, 2.24) is 9.80 Å². The van der Waals surface area contributed by atoms with Crippen LogP contribution in [0.3, 0.4) is 0 Å². The molecule has 2 rings (SSSR count). The number of hydrogen-bond acceptors (Lipinski definition) is 3. The Morgan fingerprint density at radius 1 is 1.44 bits per heavy atom. The maximum absolute atomic E-state index is 6.27. The van der Waals surface area contributed by atoms with E-state index in [1.54, 1.807) is 0 Å². The van der Waals surface area contributed by atoms with Gasteiger partial charge in [-0.15, -0.1) is 0 Å². The van der Waals surface area contributed by atoms with Crippen LogP contribution in [0.25, 0.3) is 0 Å². The summed E-state index contributed by atoms with van der Waals surface area (Å²) in [7, 11) is 4.21. The minimum Gasteiger partial charge on any atom is -0.329 e. The molecule has 0 saturated carbocycles. The molecular formula is C14H22ClN3. The van der Waals surface area contributed by atoms with Crippen molar-refractivity contribution in [1.29, 1.82) is 0 Å². The molecule has 0 spiro atoms. The molecule has 1 heterocycles. The molecule has 0 aromatic heterocycles. The average molecular weight is 268 g/mol. The van der Waals surface area contributed by atoms with Gasteiger partial charge in [-0.25, -0.2) is 0 Å². The highest BCUT2D eigenvalue weighted by Gasteiger charge is 2.29. The highest BCUT2D eigenvalue weighted by atomic mass is 35.5. The van der Waals surface area contributed by atoms with Crippen LogP contribution in [-0.4, -0.2) is 43.5 Å². The third-order valence-electron chi connectivity index (χ3n) is 3.59. The van der Waals surface area contributed by atoms with Gasteiger partial charge in [0.15, 0.2) is 0 Å². The fourth-order valence-corrected chi connectivity index (χ4v) is 2.91. The molecule has 1 atom stereocenters. The first kappa shape index (κ1) is 13.8. The Morgan fingerprint density at radius 3 is 2.89 bits per heavy atom. The average Bonchev–Trinajstić information content (AvgIpc) is 2.68. The van der Waals surface area contributed by atoms with Gasteiger partial charge < -0.3 is 10.6 Å². The van der Waals surface area contributed by atoms with E-state index in [0.29, 0.717) is 12.6 Å². The van der Waals surface area contributed by atoms with E-state index < -0.39 is 0 Å². The number of halogens is 1. The molecular weight excluding hydrogens is 246 g/mol. The van der Waals surface area contributed by atoms with Gasteiger partial charge in [0.1, 0.15) is 0 Å². The number of rotatable bonds is 5. The SMILES string of the molecule is CN(C)CCCN1Cc2c(Cl)cccc2C1CN. The van der Waals surface area contributed by atoms with Crippen molar-refractivity contribution in [3.63, 3.8) is 0 Å². The molecule has 1 aliphatic heterocycles. The quantitative estimate of drug-likeness (QED) is 0.887. The highest BCUT2D eigenvalue weighted by Crippen LogP contribution is 2.36. The van der Waals surface area contributed by atoms with Gasteiger partial charge in [-0.2, -0.15) is 0 Å². The zero-order valence-corrected chi connectivity index (χ0v) is 12.0. The molecule has 18 heavy (non-hydrogen) atoms. The second-order valence-electron chi connectivity index (χ2n) is 5.19. The Labute approximate surface area is 115 Å². The van der Waals surface area contributed by atoms with E-state index in [-0.39, 0.29) is 0 Å². The maximum atomic E-state index is 6.27. The molecule has 0 radical (unpaired) electrons. The normalized spacial score (nSPS) is 19.5. The zero-order valence-electron chi connectivity index (χ0n) is 11.2. The second kappa shape index (κ2) is 6.02. The summed E-state index contributed by atoms with van der Waals surface area (Å²) in [5, 5.41) is 0.876. The van der Waals surface area contributed by atoms with Crippen LogP contribution in [0, 0.1) is 0 Å². The Kier molecular flexibility index (Phi) is 4.62. The van der Waals surface area contributed by atoms with Crippen LogP contribution in [-0.2, 0) is 6.54 Å². The fraction of sp³-hybridized carbons (Fsp3) is 0.571. The predicted octanol–water partition coefficient (Wildman–Crippen LogP) is 2.11. The predicted molar refractivity (Wildman–Crippen MR) is 76.8 cm³/mol. The van der Waals surface area contributed by atoms with Crippen LogP contribution in [0.15, 0.2) is 18.2 Å². The van der Waals surface area contributed by atoms with Gasteiger partial charge in [-0.05, 0) is 44.3 Å². The minimum atomic E-state index is 0.334. The first-order valence-corrected chi connectivity index (χ1v) is 6.87. The van der Waals surface area contributed by atoms with Gasteiger partial charge in [0, 0.05) is 30.7 Å². The van der Waals surface area contributed by atoms with Crippen molar-refractivity contribution in [2.24, 2.45) is 5.73 Å². The summed E-state index contributed by atoms with van der Waals surface area (Å²) in [6.45, 7) is 3.78. The summed E-state index contributed by atoms with van der Waals surface area (Å²) in [6, 6.07) is 6.48. The van der Waals surface area contributed by atoms with Gasteiger partial charge in [0.05, 0.1) is 0 Å². The third kappa shape index (κ3) is 2.86. The first-order valence-electron chi connectivity index (χ1n) is 6.49. The van der Waals surface area contributed by atoms with Crippen molar-refractivity contribution in [2.45, 2.75) is 19.0 Å². The van der Waals surface area contributed by atoms with Gasteiger partial charge in [0.25, 0.3) is 0 Å². The monoisotopic (exact) mass is 267 g/mol. The summed E-state index contributed by atoms with van der Waals surface area (Å²) in [5.74, 6) is 0. The molecule has 1 aromatic carbocycles. The standard InChI is InChI=1S/C14H22ClN3/c1-17(2)7-4-8-18-10-12-11(14(18)9-16)5-3-6-13(12)15/h3,5-6,14H,4,7-10,16H2,1-2H3. The molecule has 2 N–H and O–H groups in total. The Hall–Kier alpha value is -0.610.